The highest BCUT2D eigenvalue weighted by molar-refractivity contribution is 14.1. The summed E-state index contributed by atoms with van der Waals surface area (Å²) in [5.41, 5.74) is 7.10. The van der Waals surface area contributed by atoms with Crippen LogP contribution >= 0.6 is 22.6 Å². The Balaban J connectivity index is 3.24. The van der Waals surface area contributed by atoms with E-state index in [1.54, 1.807) is 6.07 Å². The molecule has 0 bridgehead atoms. The first kappa shape index (κ1) is 11.7. The van der Waals surface area contributed by atoms with E-state index in [0.29, 0.717) is 9.26 Å². The molecule has 1 rings (SSSR count). The van der Waals surface area contributed by atoms with E-state index in [4.69, 9.17) is 5.73 Å². The van der Waals surface area contributed by atoms with Crippen molar-refractivity contribution < 1.29 is 8.78 Å². The molecule has 0 aromatic heterocycles. The van der Waals surface area contributed by atoms with Gasteiger partial charge in [-0.05, 0) is 46.2 Å². The molecule has 0 atom stereocenters. The van der Waals surface area contributed by atoms with E-state index in [1.807, 2.05) is 36.4 Å². The smallest absolute Gasteiger partial charge is 0.264 e. The summed E-state index contributed by atoms with van der Waals surface area (Å²) in [6.07, 6.45) is -2.45. The van der Waals surface area contributed by atoms with Crippen LogP contribution in [0.15, 0.2) is 12.1 Å². The lowest BCUT2D eigenvalue weighted by atomic mass is 9.99. The maximum absolute atomic E-state index is 12.5. The molecule has 0 aliphatic carbocycles. The Morgan fingerprint density at radius 1 is 1.21 bits per heavy atom. The van der Waals surface area contributed by atoms with Gasteiger partial charge in [-0.3, -0.25) is 0 Å². The maximum Gasteiger partial charge on any atom is 0.264 e. The molecular weight excluding hydrogens is 299 g/mol. The van der Waals surface area contributed by atoms with Gasteiger partial charge in [0.2, 0.25) is 0 Å². The zero-order chi connectivity index (χ0) is 10.9. The summed E-state index contributed by atoms with van der Waals surface area (Å²) in [7, 11) is 0. The predicted molar refractivity (Wildman–Crippen MR) is 62.6 cm³/mol. The number of benzene rings is 1. The largest absolute Gasteiger partial charge is 0.398 e. The second kappa shape index (κ2) is 4.42. The van der Waals surface area contributed by atoms with E-state index in [9.17, 15) is 8.78 Å². The standard InChI is InChI=1S/C10H12F2IN/c1-5(2)6-3-8(13)7(10(11)12)4-9(6)14/h3-5,10H,14H2,1-2H3. The minimum atomic E-state index is -2.45. The van der Waals surface area contributed by atoms with Crippen LogP contribution < -0.4 is 5.73 Å². The molecule has 1 nitrogen and oxygen atoms in total. The summed E-state index contributed by atoms with van der Waals surface area (Å²) in [6.45, 7) is 3.98. The van der Waals surface area contributed by atoms with E-state index in [2.05, 4.69) is 0 Å². The van der Waals surface area contributed by atoms with Crippen molar-refractivity contribution in [3.05, 3.63) is 26.8 Å². The highest BCUT2D eigenvalue weighted by Gasteiger charge is 2.15. The number of hydrogen-bond donors (Lipinski definition) is 1. The summed E-state index contributed by atoms with van der Waals surface area (Å²) in [5, 5.41) is 0. The van der Waals surface area contributed by atoms with Crippen LogP contribution in [0.25, 0.3) is 0 Å². The van der Waals surface area contributed by atoms with Crippen LogP contribution in [-0.2, 0) is 0 Å². The minimum absolute atomic E-state index is 0.0208. The van der Waals surface area contributed by atoms with Crippen LogP contribution in [0.5, 0.6) is 0 Å². The molecule has 0 radical (unpaired) electrons. The van der Waals surface area contributed by atoms with Crippen molar-refractivity contribution >= 4 is 28.3 Å². The van der Waals surface area contributed by atoms with Gasteiger partial charge in [-0.15, -0.1) is 0 Å². The van der Waals surface area contributed by atoms with Gasteiger partial charge in [0.1, 0.15) is 0 Å². The maximum atomic E-state index is 12.5. The number of anilines is 1. The van der Waals surface area contributed by atoms with Gasteiger partial charge in [-0.2, -0.15) is 0 Å². The zero-order valence-electron chi connectivity index (χ0n) is 8.02. The van der Waals surface area contributed by atoms with Crippen LogP contribution in [0.1, 0.15) is 37.3 Å². The molecule has 0 fully saturated rings. The van der Waals surface area contributed by atoms with Gasteiger partial charge in [0, 0.05) is 14.8 Å². The molecule has 0 saturated carbocycles. The molecule has 0 amide bonds. The number of rotatable bonds is 2. The first-order valence-corrected chi connectivity index (χ1v) is 5.38. The molecule has 0 saturated heterocycles. The highest BCUT2D eigenvalue weighted by Crippen LogP contribution is 2.31. The van der Waals surface area contributed by atoms with Crippen molar-refractivity contribution in [3.8, 4) is 0 Å². The summed E-state index contributed by atoms with van der Waals surface area (Å²) < 4.78 is 25.5. The second-order valence-corrected chi connectivity index (χ2v) is 4.62. The van der Waals surface area contributed by atoms with Gasteiger partial charge in [-0.1, -0.05) is 13.8 Å². The Labute approximate surface area is 95.8 Å². The lowest BCUT2D eigenvalue weighted by Crippen LogP contribution is -2.00. The molecule has 1 aromatic carbocycles. The molecule has 0 spiro atoms. The van der Waals surface area contributed by atoms with Crippen LogP contribution in [0.3, 0.4) is 0 Å². The van der Waals surface area contributed by atoms with Crippen LogP contribution in [0.2, 0.25) is 0 Å². The van der Waals surface area contributed by atoms with Crippen LogP contribution in [0.4, 0.5) is 14.5 Å². The summed E-state index contributed by atoms with van der Waals surface area (Å²) in [4.78, 5) is 0. The van der Waals surface area contributed by atoms with Gasteiger partial charge < -0.3 is 5.73 Å². The average molecular weight is 311 g/mol. The van der Waals surface area contributed by atoms with E-state index in [-0.39, 0.29) is 11.5 Å². The van der Waals surface area contributed by atoms with Gasteiger partial charge in [0.25, 0.3) is 6.43 Å². The first-order valence-electron chi connectivity index (χ1n) is 4.30. The summed E-state index contributed by atoms with van der Waals surface area (Å²) >= 11 is 1.92. The molecular formula is C10H12F2IN. The van der Waals surface area contributed by atoms with Crippen molar-refractivity contribution in [1.29, 1.82) is 0 Å². The van der Waals surface area contributed by atoms with Crippen molar-refractivity contribution in [3.63, 3.8) is 0 Å². The van der Waals surface area contributed by atoms with Crippen LogP contribution in [-0.4, -0.2) is 0 Å². The quantitative estimate of drug-likeness (QED) is 0.650. The first-order chi connectivity index (χ1) is 6.43. The molecule has 2 N–H and O–H groups in total. The molecule has 0 unspecified atom stereocenters. The Morgan fingerprint density at radius 2 is 1.79 bits per heavy atom. The SMILES string of the molecule is CC(C)c1cc(I)c(C(F)F)cc1N. The molecule has 0 heterocycles. The van der Waals surface area contributed by atoms with Gasteiger partial charge in [0.05, 0.1) is 0 Å². The van der Waals surface area contributed by atoms with E-state index < -0.39 is 6.43 Å². The monoisotopic (exact) mass is 311 g/mol. The third-order valence-electron chi connectivity index (χ3n) is 2.06. The zero-order valence-corrected chi connectivity index (χ0v) is 10.2. The molecule has 78 valence electrons. The minimum Gasteiger partial charge on any atom is -0.398 e. The third kappa shape index (κ3) is 2.34. The second-order valence-electron chi connectivity index (χ2n) is 3.46. The summed E-state index contributed by atoms with van der Waals surface area (Å²) in [6, 6.07) is 3.11. The number of nitrogen functional groups attached to an aromatic ring is 1. The number of alkyl halides is 2. The van der Waals surface area contributed by atoms with Crippen LogP contribution in [0, 0.1) is 3.57 Å². The number of halogens is 3. The number of nitrogens with two attached hydrogens (primary N) is 1. The van der Waals surface area contributed by atoms with E-state index in [0.717, 1.165) is 5.56 Å². The van der Waals surface area contributed by atoms with Gasteiger partial charge >= 0.3 is 0 Å². The Morgan fingerprint density at radius 3 is 2.21 bits per heavy atom. The normalized spacial score (nSPS) is 11.4. The lowest BCUT2D eigenvalue weighted by Gasteiger charge is -2.12. The Kier molecular flexibility index (Phi) is 3.69. The Bertz CT molecular complexity index is 303. The summed E-state index contributed by atoms with van der Waals surface area (Å²) in [5.74, 6) is 0.259. The molecule has 1 aromatic rings. The third-order valence-corrected chi connectivity index (χ3v) is 2.99. The van der Waals surface area contributed by atoms with E-state index in [1.165, 1.54) is 6.07 Å². The molecule has 14 heavy (non-hydrogen) atoms. The van der Waals surface area contributed by atoms with Crippen molar-refractivity contribution in [2.24, 2.45) is 0 Å². The topological polar surface area (TPSA) is 26.0 Å². The lowest BCUT2D eigenvalue weighted by molar-refractivity contribution is 0.150. The average Bonchev–Trinajstić information content (AvgIpc) is 2.07. The van der Waals surface area contributed by atoms with Gasteiger partial charge in [-0.25, -0.2) is 8.78 Å². The fourth-order valence-corrected chi connectivity index (χ4v) is 2.02. The van der Waals surface area contributed by atoms with Crippen molar-refractivity contribution in [1.82, 2.24) is 0 Å². The number of hydrogen-bond acceptors (Lipinski definition) is 1. The molecule has 4 heteroatoms. The molecule has 0 aliphatic heterocycles. The highest BCUT2D eigenvalue weighted by atomic mass is 127. The Hall–Kier alpha value is -0.390. The van der Waals surface area contributed by atoms with Crippen molar-refractivity contribution in [2.75, 3.05) is 5.73 Å². The molecule has 0 aliphatic rings. The van der Waals surface area contributed by atoms with E-state index >= 15 is 0 Å². The fourth-order valence-electron chi connectivity index (χ4n) is 1.29. The fraction of sp³-hybridized carbons (Fsp3) is 0.400. The van der Waals surface area contributed by atoms with Gasteiger partial charge in [0.15, 0.2) is 0 Å². The predicted octanol–water partition coefficient (Wildman–Crippen LogP) is 3.93. The van der Waals surface area contributed by atoms with Crippen molar-refractivity contribution in [2.45, 2.75) is 26.2 Å².